The van der Waals surface area contributed by atoms with Gasteiger partial charge in [-0.1, -0.05) is 64.0 Å². The van der Waals surface area contributed by atoms with Crippen LogP contribution in [0.4, 0.5) is 5.69 Å². The number of morpholine rings is 1. The molecule has 234 valence electrons. The van der Waals surface area contributed by atoms with Crippen molar-refractivity contribution in [3.05, 3.63) is 77.6 Å². The van der Waals surface area contributed by atoms with Crippen LogP contribution in [0.5, 0.6) is 0 Å². The molecule has 3 N–H and O–H groups in total. The molecule has 5 aromatic rings. The Morgan fingerprint density at radius 1 is 1.00 bits per heavy atom. The molecular weight excluding hydrogens is 574 g/mol. The van der Waals surface area contributed by atoms with Gasteiger partial charge in [0.25, 0.3) is 17.6 Å². The van der Waals surface area contributed by atoms with Crippen LogP contribution in [0.1, 0.15) is 67.0 Å². The zero-order valence-corrected chi connectivity index (χ0v) is 26.0. The highest BCUT2D eigenvalue weighted by Crippen LogP contribution is 2.34. The standard InChI is InChI=1S/C31H31N7O5.C2H6/c1-31(2,3)30-36-27(37-43-30)28(40)33-23-6-4-5-20(22(23)17-39)21-11-12-32-26-24(21)34-25(35-26)18-7-9-19(10-8-18)29(41)38-13-15-42-16-14-38;1-2/h4-12,39H,13-17H2,1-3H3,(H,33,40)(H,32,34,35);1-2H3. The largest absolute Gasteiger partial charge is 0.392 e. The maximum atomic E-state index is 13.0. The highest BCUT2D eigenvalue weighted by atomic mass is 16.5. The van der Waals surface area contributed by atoms with E-state index in [1.807, 2.05) is 58.9 Å². The Balaban J connectivity index is 0.00000196. The number of hydrogen-bond acceptors (Lipinski definition) is 9. The second kappa shape index (κ2) is 13.4. The van der Waals surface area contributed by atoms with E-state index in [0.717, 1.165) is 11.1 Å². The zero-order chi connectivity index (χ0) is 32.1. The molecule has 0 bridgehead atoms. The van der Waals surface area contributed by atoms with Crippen LogP contribution in [0.2, 0.25) is 0 Å². The average molecular weight is 612 g/mol. The number of anilines is 1. The van der Waals surface area contributed by atoms with Gasteiger partial charge in [0.15, 0.2) is 5.65 Å². The first-order chi connectivity index (χ1) is 21.7. The van der Waals surface area contributed by atoms with Crippen molar-refractivity contribution in [3.63, 3.8) is 0 Å². The number of benzene rings is 2. The second-order valence-corrected chi connectivity index (χ2v) is 11.2. The predicted molar refractivity (Wildman–Crippen MR) is 170 cm³/mol. The Labute approximate surface area is 260 Å². The zero-order valence-electron chi connectivity index (χ0n) is 26.0. The predicted octanol–water partition coefficient (Wildman–Crippen LogP) is 5.22. The smallest absolute Gasteiger partial charge is 0.297 e. The molecule has 1 aliphatic rings. The molecule has 1 fully saturated rings. The van der Waals surface area contributed by atoms with Crippen molar-refractivity contribution in [1.29, 1.82) is 0 Å². The summed E-state index contributed by atoms with van der Waals surface area (Å²) in [6, 6.07) is 14.4. The van der Waals surface area contributed by atoms with Gasteiger partial charge in [-0.15, -0.1) is 0 Å². The summed E-state index contributed by atoms with van der Waals surface area (Å²) in [5.41, 5.74) is 4.50. The highest BCUT2D eigenvalue weighted by molar-refractivity contribution is 6.03. The summed E-state index contributed by atoms with van der Waals surface area (Å²) in [5.74, 6) is 0.260. The molecule has 0 radical (unpaired) electrons. The third kappa shape index (κ3) is 6.61. The molecule has 2 amide bonds. The van der Waals surface area contributed by atoms with Crippen LogP contribution in [0.25, 0.3) is 33.7 Å². The molecule has 12 nitrogen and oxygen atoms in total. The van der Waals surface area contributed by atoms with E-state index in [1.165, 1.54) is 0 Å². The Bertz CT molecular complexity index is 1800. The number of carbonyl (C=O) groups is 2. The summed E-state index contributed by atoms with van der Waals surface area (Å²) < 4.78 is 10.6. The lowest BCUT2D eigenvalue weighted by Crippen LogP contribution is -2.40. The van der Waals surface area contributed by atoms with E-state index in [1.54, 1.807) is 35.4 Å². The maximum Gasteiger partial charge on any atom is 0.297 e. The molecule has 4 heterocycles. The normalized spacial score (nSPS) is 13.3. The molecule has 2 aromatic carbocycles. The molecule has 0 atom stereocenters. The van der Waals surface area contributed by atoms with Gasteiger partial charge in [0.1, 0.15) is 5.82 Å². The minimum atomic E-state index is -0.551. The van der Waals surface area contributed by atoms with Crippen LogP contribution in [-0.2, 0) is 16.8 Å². The number of H-pyrrole nitrogens is 1. The van der Waals surface area contributed by atoms with Crippen LogP contribution in [0, 0.1) is 0 Å². The lowest BCUT2D eigenvalue weighted by Gasteiger charge is -2.26. The van der Waals surface area contributed by atoms with Gasteiger partial charge in [0, 0.05) is 52.6 Å². The van der Waals surface area contributed by atoms with Crippen LogP contribution in [0.3, 0.4) is 0 Å². The molecule has 0 aliphatic carbocycles. The lowest BCUT2D eigenvalue weighted by atomic mass is 9.97. The highest BCUT2D eigenvalue weighted by Gasteiger charge is 2.25. The van der Waals surface area contributed by atoms with Gasteiger partial charge in [-0.25, -0.2) is 9.97 Å². The second-order valence-electron chi connectivity index (χ2n) is 11.2. The van der Waals surface area contributed by atoms with Crippen molar-refractivity contribution < 1.29 is 24.0 Å². The van der Waals surface area contributed by atoms with Crippen LogP contribution in [0.15, 0.2) is 59.3 Å². The third-order valence-electron chi connectivity index (χ3n) is 7.24. The Morgan fingerprint density at radius 2 is 1.73 bits per heavy atom. The van der Waals surface area contributed by atoms with E-state index < -0.39 is 11.3 Å². The van der Waals surface area contributed by atoms with E-state index >= 15 is 0 Å². The molecular formula is C33H37N7O5. The fraction of sp³-hybridized carbons (Fsp3) is 0.333. The van der Waals surface area contributed by atoms with Crippen LogP contribution in [-0.4, -0.2) is 73.2 Å². The molecule has 1 aliphatic heterocycles. The number of nitrogens with one attached hydrogen (secondary N) is 2. The van der Waals surface area contributed by atoms with Gasteiger partial charge in [-0.3, -0.25) is 9.59 Å². The maximum absolute atomic E-state index is 13.0. The summed E-state index contributed by atoms with van der Waals surface area (Å²) in [7, 11) is 0. The van der Waals surface area contributed by atoms with Gasteiger partial charge in [-0.05, 0) is 29.8 Å². The fourth-order valence-corrected chi connectivity index (χ4v) is 4.92. The van der Waals surface area contributed by atoms with E-state index in [0.29, 0.717) is 71.6 Å². The van der Waals surface area contributed by atoms with Gasteiger partial charge in [0.05, 0.1) is 25.3 Å². The Kier molecular flexibility index (Phi) is 9.35. The molecule has 0 spiro atoms. The van der Waals surface area contributed by atoms with E-state index in [9.17, 15) is 14.7 Å². The molecule has 0 unspecified atom stereocenters. The van der Waals surface area contributed by atoms with Gasteiger partial charge in [-0.2, -0.15) is 4.98 Å². The molecule has 3 aromatic heterocycles. The number of aliphatic hydroxyl groups is 1. The van der Waals surface area contributed by atoms with Crippen molar-refractivity contribution in [2.24, 2.45) is 0 Å². The number of ether oxygens (including phenoxy) is 1. The Hall–Kier alpha value is -4.94. The third-order valence-corrected chi connectivity index (χ3v) is 7.24. The van der Waals surface area contributed by atoms with Gasteiger partial charge in [0.2, 0.25) is 5.89 Å². The molecule has 12 heteroatoms. The number of imidazole rings is 1. The number of aliphatic hydroxyl groups excluding tert-OH is 1. The first kappa shape index (κ1) is 31.5. The van der Waals surface area contributed by atoms with Gasteiger partial charge >= 0.3 is 0 Å². The number of rotatable bonds is 6. The summed E-state index contributed by atoms with van der Waals surface area (Å²) in [6.07, 6.45) is 1.64. The number of carbonyl (C=O) groups excluding carboxylic acids is 2. The summed E-state index contributed by atoms with van der Waals surface area (Å²) in [5, 5.41) is 17.0. The van der Waals surface area contributed by atoms with Crippen molar-refractivity contribution in [1.82, 2.24) is 30.0 Å². The number of aromatic amines is 1. The topological polar surface area (TPSA) is 159 Å². The number of fused-ring (bicyclic) bond motifs is 1. The van der Waals surface area contributed by atoms with Gasteiger partial charge < -0.3 is 29.6 Å². The first-order valence-electron chi connectivity index (χ1n) is 14.9. The summed E-state index contributed by atoms with van der Waals surface area (Å²) >= 11 is 0. The summed E-state index contributed by atoms with van der Waals surface area (Å²) in [6.45, 7) is 11.6. The number of aromatic nitrogens is 5. The van der Waals surface area contributed by atoms with E-state index in [-0.39, 0.29) is 18.3 Å². The van der Waals surface area contributed by atoms with Crippen molar-refractivity contribution in [2.75, 3.05) is 31.6 Å². The minimum absolute atomic E-state index is 0.0270. The van der Waals surface area contributed by atoms with Crippen LogP contribution >= 0.6 is 0 Å². The van der Waals surface area contributed by atoms with Crippen molar-refractivity contribution in [2.45, 2.75) is 46.6 Å². The Morgan fingerprint density at radius 3 is 2.40 bits per heavy atom. The lowest BCUT2D eigenvalue weighted by molar-refractivity contribution is 0.0303. The molecule has 6 rings (SSSR count). The van der Waals surface area contributed by atoms with Crippen molar-refractivity contribution in [3.8, 4) is 22.5 Å². The fourth-order valence-electron chi connectivity index (χ4n) is 4.92. The number of hydrogen-bond donors (Lipinski definition) is 3. The van der Waals surface area contributed by atoms with E-state index in [4.69, 9.17) is 9.26 Å². The monoisotopic (exact) mass is 611 g/mol. The summed E-state index contributed by atoms with van der Waals surface area (Å²) in [4.78, 5) is 44.3. The number of amides is 2. The minimum Gasteiger partial charge on any atom is -0.392 e. The molecule has 45 heavy (non-hydrogen) atoms. The van der Waals surface area contributed by atoms with E-state index in [2.05, 4.69) is 30.4 Å². The van der Waals surface area contributed by atoms with Crippen LogP contribution < -0.4 is 5.32 Å². The quantitative estimate of drug-likeness (QED) is 0.234. The SMILES string of the molecule is CC.CC(C)(C)c1nc(C(=O)Nc2cccc(-c3ccnc4nc(-c5ccc(C(=O)N6CCOCC6)cc5)[nH]c34)c2CO)no1. The molecule has 0 saturated carbocycles. The molecule has 1 saturated heterocycles. The number of pyridine rings is 1. The first-order valence-corrected chi connectivity index (χ1v) is 14.9. The number of nitrogens with zero attached hydrogens (tertiary/aromatic N) is 5. The van der Waals surface area contributed by atoms with Crippen molar-refractivity contribution >= 4 is 28.7 Å². The average Bonchev–Trinajstić information content (AvgIpc) is 3.74.